The van der Waals surface area contributed by atoms with Crippen LogP contribution in [-0.4, -0.2) is 42.1 Å². The Labute approximate surface area is 151 Å². The van der Waals surface area contributed by atoms with Crippen molar-refractivity contribution in [3.05, 3.63) is 20.6 Å². The highest BCUT2D eigenvalue weighted by Crippen LogP contribution is 2.42. The lowest BCUT2D eigenvalue weighted by molar-refractivity contribution is -0.115. The molecule has 1 aromatic carbocycles. The Morgan fingerprint density at radius 2 is 2.13 bits per heavy atom. The van der Waals surface area contributed by atoms with Crippen LogP contribution in [0.5, 0.6) is 11.5 Å². The minimum absolute atomic E-state index is 0.0355. The van der Waals surface area contributed by atoms with Crippen LogP contribution in [-0.2, 0) is 11.2 Å². The van der Waals surface area contributed by atoms with Crippen molar-refractivity contribution in [2.24, 2.45) is 10.9 Å². The van der Waals surface area contributed by atoms with E-state index in [9.17, 15) is 9.90 Å². The number of nitrogens with two attached hydrogens (primary N) is 1. The van der Waals surface area contributed by atoms with Crippen molar-refractivity contribution < 1.29 is 19.8 Å². The van der Waals surface area contributed by atoms with Gasteiger partial charge < -0.3 is 26.1 Å². The lowest BCUT2D eigenvalue weighted by Crippen LogP contribution is -2.33. The van der Waals surface area contributed by atoms with Crippen LogP contribution in [0.4, 0.5) is 0 Å². The molecule has 0 bridgehead atoms. The van der Waals surface area contributed by atoms with Crippen molar-refractivity contribution in [2.45, 2.75) is 19.3 Å². The molecule has 0 spiro atoms. The number of hydrogen-bond donors (Lipinski definition) is 4. The van der Waals surface area contributed by atoms with Crippen LogP contribution in [0.3, 0.4) is 0 Å². The molecule has 1 amide bonds. The Morgan fingerprint density at radius 1 is 1.43 bits per heavy atom. The van der Waals surface area contributed by atoms with Crippen LogP contribution in [0.15, 0.2) is 20.2 Å². The molecule has 23 heavy (non-hydrogen) atoms. The molecule has 9 heteroatoms. The van der Waals surface area contributed by atoms with E-state index in [1.165, 1.54) is 7.11 Å². The first-order chi connectivity index (χ1) is 11.0. The van der Waals surface area contributed by atoms with E-state index in [1.54, 1.807) is 6.07 Å². The Bertz CT molecular complexity index is 594. The third-order valence-electron chi connectivity index (χ3n) is 3.09. The molecule has 1 rings (SSSR count). The highest BCUT2D eigenvalue weighted by Gasteiger charge is 2.20. The molecule has 0 radical (unpaired) electrons. The van der Waals surface area contributed by atoms with Crippen LogP contribution in [0.25, 0.3) is 0 Å². The van der Waals surface area contributed by atoms with Crippen LogP contribution in [0.2, 0.25) is 0 Å². The molecule has 1 aromatic rings. The summed E-state index contributed by atoms with van der Waals surface area (Å²) in [5.41, 5.74) is 5.69. The molecule has 7 nitrogen and oxygen atoms in total. The minimum Gasteiger partial charge on any atom is -0.506 e. The van der Waals surface area contributed by atoms with E-state index >= 15 is 0 Å². The molecule has 0 atom stereocenters. The maximum atomic E-state index is 12.0. The van der Waals surface area contributed by atoms with Gasteiger partial charge in [-0.25, -0.2) is 0 Å². The largest absolute Gasteiger partial charge is 0.506 e. The van der Waals surface area contributed by atoms with Crippen LogP contribution < -0.4 is 15.8 Å². The molecule has 0 aliphatic carbocycles. The second-order valence-corrected chi connectivity index (χ2v) is 6.34. The summed E-state index contributed by atoms with van der Waals surface area (Å²) < 4.78 is 6.09. The van der Waals surface area contributed by atoms with Crippen molar-refractivity contribution in [1.29, 1.82) is 0 Å². The number of carbonyl (C=O) groups excluding carboxylic acids is 1. The second kappa shape index (κ2) is 9.74. The molecule has 0 unspecified atom stereocenters. The number of hydrogen-bond acceptors (Lipinski definition) is 6. The number of oxime groups is 1. The number of aromatic hydroxyl groups is 1. The van der Waals surface area contributed by atoms with Gasteiger partial charge in [-0.3, -0.25) is 4.79 Å². The van der Waals surface area contributed by atoms with Crippen LogP contribution >= 0.6 is 31.9 Å². The summed E-state index contributed by atoms with van der Waals surface area (Å²) >= 11 is 6.55. The molecule has 128 valence electrons. The monoisotopic (exact) mass is 451 g/mol. The van der Waals surface area contributed by atoms with E-state index < -0.39 is 5.91 Å². The maximum absolute atomic E-state index is 12.0. The standard InChI is InChI=1S/C14H19Br2N3O4/c1-23-13-9(15)6-8(12(20)11(13)16)7-10(19-22)14(21)18-5-3-2-4-17/h6,20,22H,2-5,7,17H2,1H3,(H,18,21)/b19-10+. The number of rotatable bonds is 8. The Morgan fingerprint density at radius 3 is 2.70 bits per heavy atom. The van der Waals surface area contributed by atoms with Gasteiger partial charge in [0.05, 0.1) is 11.6 Å². The van der Waals surface area contributed by atoms with Gasteiger partial charge in [-0.2, -0.15) is 0 Å². The first-order valence-corrected chi connectivity index (χ1v) is 8.47. The fraction of sp³-hybridized carbons (Fsp3) is 0.429. The molecule has 0 saturated carbocycles. The number of phenols is 1. The van der Waals surface area contributed by atoms with Crippen molar-refractivity contribution in [1.82, 2.24) is 5.32 Å². The summed E-state index contributed by atoms with van der Waals surface area (Å²) in [6, 6.07) is 1.60. The van der Waals surface area contributed by atoms with Gasteiger partial charge in [-0.1, -0.05) is 5.16 Å². The summed E-state index contributed by atoms with van der Waals surface area (Å²) in [7, 11) is 1.47. The molecule has 0 saturated heterocycles. The molecular formula is C14H19Br2N3O4. The number of benzene rings is 1. The average molecular weight is 453 g/mol. The van der Waals surface area contributed by atoms with Crippen LogP contribution in [0.1, 0.15) is 18.4 Å². The summed E-state index contributed by atoms with van der Waals surface area (Å²) in [5, 5.41) is 24.9. The molecule has 0 fully saturated rings. The van der Waals surface area contributed by atoms with Gasteiger partial charge in [0.2, 0.25) is 0 Å². The summed E-state index contributed by atoms with van der Waals surface area (Å²) in [6.07, 6.45) is 1.50. The summed E-state index contributed by atoms with van der Waals surface area (Å²) in [4.78, 5) is 12.0. The normalized spacial score (nSPS) is 11.4. The number of halogens is 2. The van der Waals surface area contributed by atoms with E-state index in [-0.39, 0.29) is 17.9 Å². The van der Waals surface area contributed by atoms with E-state index in [0.29, 0.717) is 33.3 Å². The van der Waals surface area contributed by atoms with E-state index in [0.717, 1.165) is 12.8 Å². The minimum atomic E-state index is -0.494. The lowest BCUT2D eigenvalue weighted by Gasteiger charge is -2.13. The molecule has 0 aromatic heterocycles. The molecule has 0 aliphatic heterocycles. The van der Waals surface area contributed by atoms with Gasteiger partial charge in [0.1, 0.15) is 15.9 Å². The fourth-order valence-corrected chi connectivity index (χ4v) is 3.41. The number of nitrogens with zero attached hydrogens (tertiary/aromatic N) is 1. The zero-order chi connectivity index (χ0) is 17.4. The van der Waals surface area contributed by atoms with E-state index in [4.69, 9.17) is 15.7 Å². The van der Waals surface area contributed by atoms with Crippen molar-refractivity contribution in [3.63, 3.8) is 0 Å². The zero-order valence-electron chi connectivity index (χ0n) is 12.6. The van der Waals surface area contributed by atoms with E-state index in [2.05, 4.69) is 42.3 Å². The number of carbonyl (C=O) groups is 1. The first kappa shape index (κ1) is 19.7. The smallest absolute Gasteiger partial charge is 0.269 e. The van der Waals surface area contributed by atoms with Gasteiger partial charge in [-0.15, -0.1) is 0 Å². The average Bonchev–Trinajstić information content (AvgIpc) is 2.53. The molecule has 0 heterocycles. The van der Waals surface area contributed by atoms with Gasteiger partial charge in [0.25, 0.3) is 5.91 Å². The van der Waals surface area contributed by atoms with Crippen molar-refractivity contribution >= 4 is 43.5 Å². The predicted molar refractivity (Wildman–Crippen MR) is 94.3 cm³/mol. The number of unbranched alkanes of at least 4 members (excludes halogenated alkanes) is 1. The quantitative estimate of drug-likeness (QED) is 0.208. The number of methoxy groups -OCH3 is 1. The van der Waals surface area contributed by atoms with Gasteiger partial charge in [-0.05, 0) is 57.3 Å². The topological polar surface area (TPSA) is 117 Å². The van der Waals surface area contributed by atoms with Crippen molar-refractivity contribution in [3.8, 4) is 11.5 Å². The Balaban J connectivity index is 2.86. The third kappa shape index (κ3) is 5.36. The lowest BCUT2D eigenvalue weighted by atomic mass is 10.1. The number of amides is 1. The highest BCUT2D eigenvalue weighted by atomic mass is 79.9. The highest BCUT2D eigenvalue weighted by molar-refractivity contribution is 9.11. The summed E-state index contributed by atoms with van der Waals surface area (Å²) in [6.45, 7) is 0.996. The first-order valence-electron chi connectivity index (χ1n) is 6.89. The number of phenolic OH excluding ortho intramolecular Hbond substituents is 1. The van der Waals surface area contributed by atoms with E-state index in [1.807, 2.05) is 0 Å². The van der Waals surface area contributed by atoms with Gasteiger partial charge >= 0.3 is 0 Å². The van der Waals surface area contributed by atoms with Crippen LogP contribution in [0, 0.1) is 0 Å². The maximum Gasteiger partial charge on any atom is 0.269 e. The molecule has 5 N–H and O–H groups in total. The van der Waals surface area contributed by atoms with Crippen molar-refractivity contribution in [2.75, 3.05) is 20.2 Å². The number of nitrogens with one attached hydrogen (secondary N) is 1. The molecular weight excluding hydrogens is 434 g/mol. The zero-order valence-corrected chi connectivity index (χ0v) is 15.8. The Kier molecular flexibility index (Phi) is 8.35. The second-order valence-electron chi connectivity index (χ2n) is 4.69. The van der Waals surface area contributed by atoms with Gasteiger partial charge in [0.15, 0.2) is 5.75 Å². The summed E-state index contributed by atoms with van der Waals surface area (Å²) in [5.74, 6) is -0.144. The third-order valence-corrected chi connectivity index (χ3v) is 4.42. The Hall–Kier alpha value is -1.32. The SMILES string of the molecule is COc1c(Br)cc(C/C(=N\O)C(=O)NCCCCN)c(O)c1Br. The fourth-order valence-electron chi connectivity index (χ4n) is 1.88. The predicted octanol–water partition coefficient (Wildman–Crippen LogP) is 2.15. The molecule has 0 aliphatic rings. The number of ether oxygens (including phenoxy) is 1. The van der Waals surface area contributed by atoms with Gasteiger partial charge in [0, 0.05) is 18.5 Å².